The smallest absolute Gasteiger partial charge is 0.246 e. The van der Waals surface area contributed by atoms with Crippen LogP contribution >= 0.6 is 11.6 Å². The normalized spacial score (nSPS) is 16.9. The van der Waals surface area contributed by atoms with Gasteiger partial charge in [-0.1, -0.05) is 23.7 Å². The molecule has 3 N–H and O–H groups in total. The number of benzene rings is 1. The van der Waals surface area contributed by atoms with E-state index in [0.717, 1.165) is 0 Å². The molecule has 1 saturated heterocycles. The SMILES string of the molecule is CC1(C)NCCN(c2cccc(-c3c(F)c(Cl)c4c(N)ncnn34)c2)C1=O. The number of hydrogen-bond acceptors (Lipinski definition) is 5. The minimum Gasteiger partial charge on any atom is -0.382 e. The zero-order valence-electron chi connectivity index (χ0n) is 14.8. The molecular weight excluding hydrogens is 371 g/mol. The second-order valence-corrected chi connectivity index (χ2v) is 7.32. The molecule has 1 aliphatic heterocycles. The van der Waals surface area contributed by atoms with Gasteiger partial charge in [-0.05, 0) is 26.0 Å². The van der Waals surface area contributed by atoms with Crippen molar-refractivity contribution in [3.05, 3.63) is 41.4 Å². The molecule has 0 spiro atoms. The van der Waals surface area contributed by atoms with Gasteiger partial charge in [0.15, 0.2) is 11.6 Å². The Kier molecular flexibility index (Phi) is 4.05. The van der Waals surface area contributed by atoms with Crippen molar-refractivity contribution in [2.24, 2.45) is 0 Å². The van der Waals surface area contributed by atoms with E-state index >= 15 is 0 Å². The molecule has 0 saturated carbocycles. The maximum Gasteiger partial charge on any atom is 0.246 e. The molecule has 140 valence electrons. The van der Waals surface area contributed by atoms with Crippen molar-refractivity contribution in [2.45, 2.75) is 19.4 Å². The number of carbonyl (C=O) groups excluding carboxylic acids is 1. The maximum atomic E-state index is 14.9. The lowest BCUT2D eigenvalue weighted by molar-refractivity contribution is -0.124. The predicted molar refractivity (Wildman–Crippen MR) is 102 cm³/mol. The van der Waals surface area contributed by atoms with Gasteiger partial charge in [-0.25, -0.2) is 13.9 Å². The van der Waals surface area contributed by atoms with E-state index in [0.29, 0.717) is 24.3 Å². The molecule has 1 fully saturated rings. The van der Waals surface area contributed by atoms with Crippen molar-refractivity contribution in [1.82, 2.24) is 19.9 Å². The fourth-order valence-electron chi connectivity index (χ4n) is 3.35. The van der Waals surface area contributed by atoms with Crippen molar-refractivity contribution < 1.29 is 9.18 Å². The summed E-state index contributed by atoms with van der Waals surface area (Å²) in [6, 6.07) is 7.07. The number of piperazine rings is 1. The zero-order chi connectivity index (χ0) is 19.3. The van der Waals surface area contributed by atoms with Gasteiger partial charge >= 0.3 is 0 Å². The number of amides is 1. The van der Waals surface area contributed by atoms with E-state index in [-0.39, 0.29) is 28.0 Å². The number of aromatic nitrogens is 3. The molecule has 0 radical (unpaired) electrons. The summed E-state index contributed by atoms with van der Waals surface area (Å²) in [5.74, 6) is -0.584. The van der Waals surface area contributed by atoms with Crippen LogP contribution in [0.15, 0.2) is 30.6 Å². The topological polar surface area (TPSA) is 88.5 Å². The number of nitrogens with two attached hydrogens (primary N) is 1. The Labute approximate surface area is 159 Å². The first-order valence-electron chi connectivity index (χ1n) is 8.45. The number of rotatable bonds is 2. The van der Waals surface area contributed by atoms with Crippen molar-refractivity contribution in [2.75, 3.05) is 23.7 Å². The van der Waals surface area contributed by atoms with E-state index in [4.69, 9.17) is 17.3 Å². The van der Waals surface area contributed by atoms with Crippen LogP contribution in [0.1, 0.15) is 13.8 Å². The number of nitrogen functional groups attached to an aromatic ring is 1. The third-order valence-electron chi connectivity index (χ3n) is 4.75. The van der Waals surface area contributed by atoms with Crippen molar-refractivity contribution in [1.29, 1.82) is 0 Å². The van der Waals surface area contributed by atoms with E-state index in [2.05, 4.69) is 15.4 Å². The molecule has 3 heterocycles. The van der Waals surface area contributed by atoms with Crippen LogP contribution < -0.4 is 16.0 Å². The Morgan fingerprint density at radius 1 is 1.37 bits per heavy atom. The van der Waals surface area contributed by atoms with Crippen molar-refractivity contribution in [3.8, 4) is 11.3 Å². The van der Waals surface area contributed by atoms with Crippen molar-refractivity contribution >= 4 is 34.5 Å². The molecule has 0 bridgehead atoms. The standard InChI is InChI=1S/C18H18ClFN6O/c1-18(2)17(27)25(7-6-23-18)11-5-3-4-10(8-11)14-13(20)12(19)15-16(21)22-9-24-26(14)15/h3-5,8-9,23H,6-7H2,1-2H3,(H2,21,22,24). The molecule has 0 atom stereocenters. The highest BCUT2D eigenvalue weighted by Crippen LogP contribution is 2.36. The lowest BCUT2D eigenvalue weighted by Gasteiger charge is -2.38. The Bertz CT molecular complexity index is 1060. The first kappa shape index (κ1) is 17.7. The number of carbonyl (C=O) groups is 1. The molecular formula is C18H18ClFN6O. The number of halogens is 2. The van der Waals surface area contributed by atoms with Crippen LogP contribution in [0.4, 0.5) is 15.9 Å². The van der Waals surface area contributed by atoms with E-state index in [1.54, 1.807) is 23.1 Å². The molecule has 7 nitrogen and oxygen atoms in total. The van der Waals surface area contributed by atoms with Crippen LogP contribution in [0.2, 0.25) is 5.02 Å². The average molecular weight is 389 g/mol. The number of fused-ring (bicyclic) bond motifs is 1. The summed E-state index contributed by atoms with van der Waals surface area (Å²) in [4.78, 5) is 18.3. The average Bonchev–Trinajstić information content (AvgIpc) is 2.89. The van der Waals surface area contributed by atoms with Gasteiger partial charge in [0.05, 0.1) is 5.54 Å². The predicted octanol–water partition coefficient (Wildman–Crippen LogP) is 2.49. The molecule has 1 aromatic carbocycles. The monoisotopic (exact) mass is 388 g/mol. The van der Waals surface area contributed by atoms with Crippen molar-refractivity contribution in [3.63, 3.8) is 0 Å². The van der Waals surface area contributed by atoms with E-state index < -0.39 is 11.4 Å². The van der Waals surface area contributed by atoms with E-state index in [1.165, 1.54) is 10.8 Å². The molecule has 9 heteroatoms. The van der Waals surface area contributed by atoms with Gasteiger partial charge in [0.1, 0.15) is 22.6 Å². The van der Waals surface area contributed by atoms with Gasteiger partial charge in [-0.3, -0.25) is 4.79 Å². The highest BCUT2D eigenvalue weighted by molar-refractivity contribution is 6.35. The van der Waals surface area contributed by atoms with Gasteiger partial charge in [0.25, 0.3) is 0 Å². The summed E-state index contributed by atoms with van der Waals surface area (Å²) in [7, 11) is 0. The second kappa shape index (κ2) is 6.17. The summed E-state index contributed by atoms with van der Waals surface area (Å²) < 4.78 is 16.2. The Morgan fingerprint density at radius 2 is 2.15 bits per heavy atom. The lowest BCUT2D eigenvalue weighted by Crippen LogP contribution is -2.61. The molecule has 0 aliphatic carbocycles. The number of hydrogen-bond donors (Lipinski definition) is 2. The fourth-order valence-corrected chi connectivity index (χ4v) is 3.62. The highest BCUT2D eigenvalue weighted by atomic mass is 35.5. The fraction of sp³-hybridized carbons (Fsp3) is 0.278. The van der Waals surface area contributed by atoms with Crippen LogP contribution in [0.5, 0.6) is 0 Å². The second-order valence-electron chi connectivity index (χ2n) is 6.94. The molecule has 2 aromatic heterocycles. The third kappa shape index (κ3) is 2.72. The molecule has 4 rings (SSSR count). The van der Waals surface area contributed by atoms with Crippen LogP contribution in [0.25, 0.3) is 16.8 Å². The van der Waals surface area contributed by atoms with Crippen LogP contribution in [0.3, 0.4) is 0 Å². The van der Waals surface area contributed by atoms with Crippen LogP contribution in [-0.4, -0.2) is 39.1 Å². The minimum atomic E-state index is -0.660. The quantitative estimate of drug-likeness (QED) is 0.704. The number of nitrogens with one attached hydrogen (secondary N) is 1. The molecule has 0 unspecified atom stereocenters. The first-order chi connectivity index (χ1) is 12.8. The summed E-state index contributed by atoms with van der Waals surface area (Å²) in [5, 5.41) is 7.15. The number of anilines is 2. The van der Waals surface area contributed by atoms with Gasteiger partial charge < -0.3 is 16.0 Å². The third-order valence-corrected chi connectivity index (χ3v) is 5.10. The van der Waals surface area contributed by atoms with Gasteiger partial charge in [-0.15, -0.1) is 0 Å². The van der Waals surface area contributed by atoms with Gasteiger partial charge in [-0.2, -0.15) is 5.10 Å². The zero-order valence-corrected chi connectivity index (χ0v) is 15.6. The largest absolute Gasteiger partial charge is 0.382 e. The van der Waals surface area contributed by atoms with Gasteiger partial charge in [0, 0.05) is 24.3 Å². The minimum absolute atomic E-state index is 0.0454. The Balaban J connectivity index is 1.85. The molecule has 27 heavy (non-hydrogen) atoms. The molecule has 1 amide bonds. The summed E-state index contributed by atoms with van der Waals surface area (Å²) >= 11 is 6.12. The van der Waals surface area contributed by atoms with Crippen LogP contribution in [-0.2, 0) is 4.79 Å². The lowest BCUT2D eigenvalue weighted by atomic mass is 10.00. The van der Waals surface area contributed by atoms with Gasteiger partial charge in [0.2, 0.25) is 5.91 Å². The van der Waals surface area contributed by atoms with E-state index in [9.17, 15) is 9.18 Å². The summed E-state index contributed by atoms with van der Waals surface area (Å²) in [5.41, 5.74) is 6.78. The van der Waals surface area contributed by atoms with E-state index in [1.807, 2.05) is 19.9 Å². The summed E-state index contributed by atoms with van der Waals surface area (Å²) in [6.45, 7) is 4.87. The Morgan fingerprint density at radius 3 is 2.93 bits per heavy atom. The first-order valence-corrected chi connectivity index (χ1v) is 8.82. The molecule has 3 aromatic rings. The summed E-state index contributed by atoms with van der Waals surface area (Å²) in [6.07, 6.45) is 1.24. The maximum absolute atomic E-state index is 14.9. The highest BCUT2D eigenvalue weighted by Gasteiger charge is 2.36. The van der Waals surface area contributed by atoms with Crippen LogP contribution in [0, 0.1) is 5.82 Å². The molecule has 1 aliphatic rings. The number of nitrogens with zero attached hydrogens (tertiary/aromatic N) is 4. The Hall–Kier alpha value is -2.71.